The average molecular weight is 185 g/mol. The molecule has 0 aliphatic heterocycles. The van der Waals surface area contributed by atoms with E-state index in [0.29, 0.717) is 0 Å². The Balaban J connectivity index is 2.58. The van der Waals surface area contributed by atoms with Crippen molar-refractivity contribution in [2.75, 3.05) is 0 Å². The molecule has 0 saturated heterocycles. The summed E-state index contributed by atoms with van der Waals surface area (Å²) in [5, 5.41) is 18.8. The summed E-state index contributed by atoms with van der Waals surface area (Å²) in [5.74, 6) is -0.947. The van der Waals surface area contributed by atoms with E-state index in [-0.39, 0.29) is 11.8 Å². The number of rotatable bonds is 3. The highest BCUT2D eigenvalue weighted by Gasteiger charge is 2.45. The van der Waals surface area contributed by atoms with Crippen molar-refractivity contribution in [2.24, 2.45) is 11.8 Å². The van der Waals surface area contributed by atoms with Gasteiger partial charge in [0, 0.05) is 0 Å². The van der Waals surface area contributed by atoms with Crippen LogP contribution >= 0.6 is 0 Å². The lowest BCUT2D eigenvalue weighted by Gasteiger charge is -2.17. The first-order chi connectivity index (χ1) is 6.09. The molecule has 1 saturated carbocycles. The van der Waals surface area contributed by atoms with Crippen molar-refractivity contribution in [3.05, 3.63) is 6.92 Å². The van der Waals surface area contributed by atoms with Crippen LogP contribution in [-0.4, -0.2) is 28.2 Å². The molecule has 0 aromatic rings. The maximum Gasteiger partial charge on any atom is 0.190 e. The number of unbranched alkanes of at least 4 members (excludes halogenated alkanes) is 1. The number of aliphatic hydroxyl groups excluding tert-OH is 2. The van der Waals surface area contributed by atoms with Crippen LogP contribution in [0.2, 0.25) is 0 Å². The van der Waals surface area contributed by atoms with Gasteiger partial charge in [-0.25, -0.2) is 0 Å². The second kappa shape index (κ2) is 4.20. The number of carbonyl (C=O) groups is 1. The average Bonchev–Trinajstić information content (AvgIpc) is 2.30. The van der Waals surface area contributed by atoms with Gasteiger partial charge >= 0.3 is 0 Å². The Hall–Kier alpha value is -0.410. The molecular formula is C10H17O3. The van der Waals surface area contributed by atoms with E-state index >= 15 is 0 Å². The van der Waals surface area contributed by atoms with Crippen molar-refractivity contribution in [1.29, 1.82) is 0 Å². The highest BCUT2D eigenvalue weighted by Crippen LogP contribution is 2.32. The molecule has 0 aromatic carbocycles. The Morgan fingerprint density at radius 2 is 2.00 bits per heavy atom. The summed E-state index contributed by atoms with van der Waals surface area (Å²) in [6.07, 6.45) is 0.712. The van der Waals surface area contributed by atoms with Crippen LogP contribution in [0.15, 0.2) is 0 Å². The second-order valence-electron chi connectivity index (χ2n) is 3.76. The Morgan fingerprint density at radius 3 is 2.38 bits per heavy atom. The largest absolute Gasteiger partial charge is 0.385 e. The van der Waals surface area contributed by atoms with E-state index < -0.39 is 18.0 Å². The highest BCUT2D eigenvalue weighted by atomic mass is 16.3. The van der Waals surface area contributed by atoms with Crippen molar-refractivity contribution < 1.29 is 15.0 Å². The molecule has 0 heterocycles. The van der Waals surface area contributed by atoms with Crippen LogP contribution in [0.3, 0.4) is 0 Å². The van der Waals surface area contributed by atoms with Gasteiger partial charge in [0.1, 0.15) is 12.2 Å². The van der Waals surface area contributed by atoms with Gasteiger partial charge < -0.3 is 10.2 Å². The minimum atomic E-state index is -1.06. The van der Waals surface area contributed by atoms with Gasteiger partial charge in [-0.3, -0.25) is 4.79 Å². The number of aliphatic hydroxyl groups is 2. The molecule has 0 aromatic heterocycles. The van der Waals surface area contributed by atoms with E-state index in [2.05, 4.69) is 13.8 Å². The standard InChI is InChI=1S/C10H17O3/c1-3-4-5-7-6(2)8(11)10(13)9(7)12/h6-9,11-12H,2-5H2,1H3. The number of carbonyl (C=O) groups excluding carboxylic acids is 1. The molecule has 1 rings (SSSR count). The summed E-state index contributed by atoms with van der Waals surface area (Å²) in [4.78, 5) is 11.1. The third-order valence-corrected chi connectivity index (χ3v) is 2.84. The van der Waals surface area contributed by atoms with E-state index in [4.69, 9.17) is 0 Å². The Kier molecular flexibility index (Phi) is 3.45. The minimum Gasteiger partial charge on any atom is -0.385 e. The summed E-state index contributed by atoms with van der Waals surface area (Å²) in [5.41, 5.74) is 0. The van der Waals surface area contributed by atoms with Gasteiger partial charge in [0.2, 0.25) is 0 Å². The quantitative estimate of drug-likeness (QED) is 0.675. The predicted octanol–water partition coefficient (Wildman–Crippen LogP) is 0.548. The van der Waals surface area contributed by atoms with Crippen LogP contribution < -0.4 is 0 Å². The topological polar surface area (TPSA) is 57.5 Å². The molecule has 2 N–H and O–H groups in total. The smallest absolute Gasteiger partial charge is 0.190 e. The number of Topliss-reactive ketones (excluding diaryl/α,β-unsaturated/α-hetero) is 1. The van der Waals surface area contributed by atoms with E-state index in [1.165, 1.54) is 0 Å². The van der Waals surface area contributed by atoms with E-state index in [1.54, 1.807) is 0 Å². The summed E-state index contributed by atoms with van der Waals surface area (Å²) in [7, 11) is 0. The molecule has 13 heavy (non-hydrogen) atoms. The fraction of sp³-hybridized carbons (Fsp3) is 0.800. The van der Waals surface area contributed by atoms with Crippen molar-refractivity contribution in [3.8, 4) is 0 Å². The van der Waals surface area contributed by atoms with Gasteiger partial charge in [0.05, 0.1) is 0 Å². The van der Waals surface area contributed by atoms with Gasteiger partial charge in [0.25, 0.3) is 0 Å². The monoisotopic (exact) mass is 185 g/mol. The molecule has 4 atom stereocenters. The van der Waals surface area contributed by atoms with Gasteiger partial charge in [-0.1, -0.05) is 19.8 Å². The van der Waals surface area contributed by atoms with E-state index in [1.807, 2.05) is 0 Å². The second-order valence-corrected chi connectivity index (χ2v) is 3.76. The minimum absolute atomic E-state index is 0.151. The van der Waals surface area contributed by atoms with Crippen molar-refractivity contribution in [1.82, 2.24) is 0 Å². The summed E-state index contributed by atoms with van der Waals surface area (Å²) in [6.45, 7) is 5.78. The summed E-state index contributed by atoms with van der Waals surface area (Å²) < 4.78 is 0. The van der Waals surface area contributed by atoms with Crippen LogP contribution in [0, 0.1) is 18.8 Å². The highest BCUT2D eigenvalue weighted by molar-refractivity contribution is 5.90. The van der Waals surface area contributed by atoms with Gasteiger partial charge in [-0.15, -0.1) is 0 Å². The fourth-order valence-electron chi connectivity index (χ4n) is 1.88. The zero-order chi connectivity index (χ0) is 10.0. The first-order valence-corrected chi connectivity index (χ1v) is 4.82. The van der Waals surface area contributed by atoms with Crippen LogP contribution in [0.25, 0.3) is 0 Å². The summed E-state index contributed by atoms with van der Waals surface area (Å²) in [6, 6.07) is 0. The zero-order valence-corrected chi connectivity index (χ0v) is 7.94. The predicted molar refractivity (Wildman–Crippen MR) is 48.9 cm³/mol. The first-order valence-electron chi connectivity index (χ1n) is 4.82. The SMILES string of the molecule is [CH2]C1C(O)C(=O)C(O)C1CCCC. The van der Waals surface area contributed by atoms with Crippen molar-refractivity contribution in [2.45, 2.75) is 38.4 Å². The van der Waals surface area contributed by atoms with Crippen LogP contribution in [0.1, 0.15) is 26.2 Å². The molecular weight excluding hydrogens is 168 g/mol. The van der Waals surface area contributed by atoms with Crippen LogP contribution in [0.5, 0.6) is 0 Å². The van der Waals surface area contributed by atoms with Crippen LogP contribution in [-0.2, 0) is 4.79 Å². The molecule has 1 fully saturated rings. The fourth-order valence-corrected chi connectivity index (χ4v) is 1.88. The Labute approximate surface area is 78.8 Å². The lowest BCUT2D eigenvalue weighted by atomic mass is 9.90. The van der Waals surface area contributed by atoms with Crippen molar-refractivity contribution >= 4 is 5.78 Å². The molecule has 75 valence electrons. The normalized spacial score (nSPS) is 39.8. The molecule has 0 amide bonds. The molecule has 4 unspecified atom stereocenters. The molecule has 3 nitrogen and oxygen atoms in total. The third kappa shape index (κ3) is 1.92. The molecule has 0 spiro atoms. The lowest BCUT2D eigenvalue weighted by Crippen LogP contribution is -2.24. The first kappa shape index (κ1) is 10.7. The third-order valence-electron chi connectivity index (χ3n) is 2.84. The van der Waals surface area contributed by atoms with Gasteiger partial charge in [-0.2, -0.15) is 0 Å². The molecule has 1 aliphatic rings. The molecule has 3 heteroatoms. The van der Waals surface area contributed by atoms with Crippen LogP contribution in [0.4, 0.5) is 0 Å². The molecule has 1 aliphatic carbocycles. The number of ketones is 1. The Morgan fingerprint density at radius 1 is 1.38 bits per heavy atom. The van der Waals surface area contributed by atoms with Gasteiger partial charge in [-0.05, 0) is 25.2 Å². The lowest BCUT2D eigenvalue weighted by molar-refractivity contribution is -0.131. The van der Waals surface area contributed by atoms with E-state index in [9.17, 15) is 15.0 Å². The number of hydrogen-bond donors (Lipinski definition) is 2. The van der Waals surface area contributed by atoms with E-state index in [0.717, 1.165) is 19.3 Å². The maximum atomic E-state index is 11.1. The van der Waals surface area contributed by atoms with Crippen molar-refractivity contribution in [3.63, 3.8) is 0 Å². The number of hydrogen-bond acceptors (Lipinski definition) is 3. The maximum absolute atomic E-state index is 11.1. The van der Waals surface area contributed by atoms with Gasteiger partial charge in [0.15, 0.2) is 5.78 Å². The summed E-state index contributed by atoms with van der Waals surface area (Å²) >= 11 is 0. The Bertz CT molecular complexity index is 191. The zero-order valence-electron chi connectivity index (χ0n) is 7.94. The molecule has 0 bridgehead atoms. The molecule has 1 radical (unpaired) electrons.